The van der Waals surface area contributed by atoms with Gasteiger partial charge in [0.2, 0.25) is 11.8 Å². The topological polar surface area (TPSA) is 57.7 Å². The highest BCUT2D eigenvalue weighted by Gasteiger charge is 2.60. The zero-order valence-electron chi connectivity index (χ0n) is 15.4. The Balaban J connectivity index is 2.76. The normalized spacial score (nSPS) is 16.7. The summed E-state index contributed by atoms with van der Waals surface area (Å²) in [5, 5.41) is 0. The summed E-state index contributed by atoms with van der Waals surface area (Å²) in [6, 6.07) is 8.21. The molecule has 5 heteroatoms. The van der Waals surface area contributed by atoms with Gasteiger partial charge in [-0.05, 0) is 12.0 Å². The molecule has 0 radical (unpaired) electrons. The fourth-order valence-electron chi connectivity index (χ4n) is 3.56. The summed E-state index contributed by atoms with van der Waals surface area (Å²) in [6.45, 7) is 3.19. The molecule has 1 saturated heterocycles. The van der Waals surface area contributed by atoms with Crippen LogP contribution in [0, 0.1) is 42.4 Å². The number of allylic oxidation sites excluding steroid dienone is 1. The van der Waals surface area contributed by atoms with Crippen LogP contribution < -0.4 is 0 Å². The van der Waals surface area contributed by atoms with Gasteiger partial charge in [0.1, 0.15) is 5.41 Å². The minimum atomic E-state index is -1.70. The van der Waals surface area contributed by atoms with E-state index in [2.05, 4.69) is 24.3 Å². The number of imide groups is 2. The number of amides is 4. The molecule has 0 aliphatic carbocycles. The zero-order valence-corrected chi connectivity index (χ0v) is 15.4. The summed E-state index contributed by atoms with van der Waals surface area (Å²) in [4.78, 5) is 41.4. The molecule has 28 heavy (non-hydrogen) atoms. The van der Waals surface area contributed by atoms with E-state index >= 15 is 0 Å². The third kappa shape index (κ3) is 3.29. The van der Waals surface area contributed by atoms with E-state index in [-0.39, 0.29) is 19.5 Å². The van der Waals surface area contributed by atoms with Crippen LogP contribution in [0.1, 0.15) is 24.3 Å². The van der Waals surface area contributed by atoms with Crippen LogP contribution in [-0.2, 0) is 9.59 Å². The third-order valence-electron chi connectivity index (χ3n) is 4.79. The van der Waals surface area contributed by atoms with E-state index in [1.165, 1.54) is 0 Å². The molecular formula is C23H20N2O3. The Morgan fingerprint density at radius 2 is 1.50 bits per heavy atom. The second-order valence-corrected chi connectivity index (χ2v) is 6.31. The van der Waals surface area contributed by atoms with Crippen LogP contribution >= 0.6 is 0 Å². The fraction of sp³-hybridized carbons (Fsp3) is 0.261. The van der Waals surface area contributed by atoms with Gasteiger partial charge in [0.05, 0.1) is 13.1 Å². The number of nitrogens with zero attached hydrogens (tertiary/aromatic N) is 2. The number of barbiturate groups is 1. The molecule has 0 unspecified atom stereocenters. The molecule has 140 valence electrons. The van der Waals surface area contributed by atoms with Crippen LogP contribution in [0.5, 0.6) is 0 Å². The SMILES string of the molecule is C#CCN1C(=O)N(CC#C)C(=O)C(CC#C)([C@@H](CC=C)c2ccccc2)C1=O. The summed E-state index contributed by atoms with van der Waals surface area (Å²) >= 11 is 0. The molecule has 0 aromatic heterocycles. The second kappa shape index (κ2) is 8.76. The third-order valence-corrected chi connectivity index (χ3v) is 4.79. The Morgan fingerprint density at radius 3 is 1.93 bits per heavy atom. The molecule has 5 nitrogen and oxygen atoms in total. The highest BCUT2D eigenvalue weighted by atomic mass is 16.2. The van der Waals surface area contributed by atoms with Gasteiger partial charge in [-0.2, -0.15) is 0 Å². The smallest absolute Gasteiger partial charge is 0.273 e. The van der Waals surface area contributed by atoms with Crippen molar-refractivity contribution in [1.29, 1.82) is 0 Å². The van der Waals surface area contributed by atoms with Gasteiger partial charge >= 0.3 is 6.03 Å². The standard InChI is InChI=1S/C23H20N2O3/c1-5-12-19(18-13-10-9-11-14-18)23(15-6-2)20(26)24(16-7-3)22(28)25(17-8-4)21(23)27/h2-5,9-11,13-14,19H,1,12,15-17H2/t19-/m0/s1. The van der Waals surface area contributed by atoms with Gasteiger partial charge in [0.15, 0.2) is 0 Å². The van der Waals surface area contributed by atoms with Crippen LogP contribution in [-0.4, -0.2) is 40.7 Å². The Kier molecular flexibility index (Phi) is 6.43. The first-order chi connectivity index (χ1) is 13.5. The maximum Gasteiger partial charge on any atom is 0.335 e. The van der Waals surface area contributed by atoms with E-state index in [1.54, 1.807) is 30.3 Å². The van der Waals surface area contributed by atoms with E-state index < -0.39 is 29.2 Å². The van der Waals surface area contributed by atoms with Crippen molar-refractivity contribution in [3.8, 4) is 37.0 Å². The number of terminal acetylenes is 3. The quantitative estimate of drug-likeness (QED) is 0.420. The summed E-state index contributed by atoms with van der Waals surface area (Å²) < 4.78 is 0. The Bertz CT molecular complexity index is 874. The van der Waals surface area contributed by atoms with Gasteiger partial charge < -0.3 is 0 Å². The van der Waals surface area contributed by atoms with Crippen LogP contribution in [0.2, 0.25) is 0 Å². The van der Waals surface area contributed by atoms with Crippen molar-refractivity contribution in [2.24, 2.45) is 5.41 Å². The molecular weight excluding hydrogens is 352 g/mol. The molecule has 0 saturated carbocycles. The van der Waals surface area contributed by atoms with Crippen molar-refractivity contribution in [2.45, 2.75) is 18.8 Å². The van der Waals surface area contributed by atoms with Gasteiger partial charge in [-0.15, -0.1) is 31.8 Å². The molecule has 1 heterocycles. The second-order valence-electron chi connectivity index (χ2n) is 6.31. The summed E-state index contributed by atoms with van der Waals surface area (Å²) in [6.07, 6.45) is 18.0. The zero-order chi connectivity index (χ0) is 20.7. The molecule has 1 atom stereocenters. The van der Waals surface area contributed by atoms with Crippen LogP contribution in [0.25, 0.3) is 0 Å². The number of benzene rings is 1. The van der Waals surface area contributed by atoms with Crippen molar-refractivity contribution in [3.05, 3.63) is 48.6 Å². The molecule has 1 fully saturated rings. The number of carbonyl (C=O) groups excluding carboxylic acids is 3. The Labute approximate surface area is 165 Å². The van der Waals surface area contributed by atoms with Crippen molar-refractivity contribution in [2.75, 3.05) is 13.1 Å². The van der Waals surface area contributed by atoms with E-state index in [9.17, 15) is 14.4 Å². The first-order valence-electron chi connectivity index (χ1n) is 8.63. The molecule has 0 bridgehead atoms. The molecule has 1 aromatic carbocycles. The first kappa shape index (κ1) is 20.6. The predicted molar refractivity (Wildman–Crippen MR) is 106 cm³/mol. The minimum absolute atomic E-state index is 0.201. The molecule has 0 N–H and O–H groups in total. The number of urea groups is 1. The average Bonchev–Trinajstić information content (AvgIpc) is 2.71. The lowest BCUT2D eigenvalue weighted by Crippen LogP contribution is -2.66. The summed E-state index contributed by atoms with van der Waals surface area (Å²) in [5.41, 5.74) is -0.971. The Morgan fingerprint density at radius 1 is 0.964 bits per heavy atom. The monoisotopic (exact) mass is 372 g/mol. The molecule has 1 aromatic rings. The van der Waals surface area contributed by atoms with Crippen molar-refractivity contribution >= 4 is 17.8 Å². The maximum atomic E-state index is 13.5. The Hall–Kier alpha value is -3.75. The molecule has 1 aliphatic heterocycles. The minimum Gasteiger partial charge on any atom is -0.273 e. The number of rotatable bonds is 7. The molecule has 0 spiro atoms. The lowest BCUT2D eigenvalue weighted by molar-refractivity contribution is -0.159. The largest absolute Gasteiger partial charge is 0.335 e. The number of hydrogen-bond acceptors (Lipinski definition) is 3. The summed E-state index contributed by atoms with van der Waals surface area (Å²) in [5.74, 6) is 4.98. The van der Waals surface area contributed by atoms with E-state index in [0.717, 1.165) is 15.4 Å². The van der Waals surface area contributed by atoms with Gasteiger partial charge in [-0.3, -0.25) is 19.4 Å². The number of hydrogen-bond donors (Lipinski definition) is 0. The lowest BCUT2D eigenvalue weighted by Gasteiger charge is -2.46. The van der Waals surface area contributed by atoms with E-state index in [0.29, 0.717) is 6.42 Å². The van der Waals surface area contributed by atoms with Gasteiger partial charge in [-0.1, -0.05) is 48.2 Å². The van der Waals surface area contributed by atoms with E-state index in [4.69, 9.17) is 19.3 Å². The van der Waals surface area contributed by atoms with Crippen molar-refractivity contribution in [3.63, 3.8) is 0 Å². The van der Waals surface area contributed by atoms with Crippen LogP contribution in [0.15, 0.2) is 43.0 Å². The van der Waals surface area contributed by atoms with Gasteiger partial charge in [-0.25, -0.2) is 4.79 Å². The molecule has 1 aliphatic rings. The van der Waals surface area contributed by atoms with Gasteiger partial charge in [0, 0.05) is 12.3 Å². The molecule has 4 amide bonds. The molecule has 2 rings (SSSR count). The average molecular weight is 372 g/mol. The van der Waals surface area contributed by atoms with Crippen LogP contribution in [0.3, 0.4) is 0 Å². The summed E-state index contributed by atoms with van der Waals surface area (Å²) in [7, 11) is 0. The maximum absolute atomic E-state index is 13.5. The lowest BCUT2D eigenvalue weighted by atomic mass is 9.65. The fourth-order valence-corrected chi connectivity index (χ4v) is 3.56. The van der Waals surface area contributed by atoms with E-state index in [1.807, 2.05) is 6.07 Å². The highest BCUT2D eigenvalue weighted by Crippen LogP contribution is 2.47. The highest BCUT2D eigenvalue weighted by molar-refractivity contribution is 6.20. The predicted octanol–water partition coefficient (Wildman–Crippen LogP) is 2.41. The van der Waals surface area contributed by atoms with Crippen molar-refractivity contribution in [1.82, 2.24) is 9.80 Å². The first-order valence-corrected chi connectivity index (χ1v) is 8.63. The number of carbonyl (C=O) groups is 3. The van der Waals surface area contributed by atoms with Crippen LogP contribution in [0.4, 0.5) is 4.79 Å². The van der Waals surface area contributed by atoms with Crippen molar-refractivity contribution < 1.29 is 14.4 Å². The van der Waals surface area contributed by atoms with Gasteiger partial charge in [0.25, 0.3) is 0 Å².